The Labute approximate surface area is 112 Å². The summed E-state index contributed by atoms with van der Waals surface area (Å²) in [4.78, 5) is 27.9. The first-order valence-electron chi connectivity index (χ1n) is 6.32. The van der Waals surface area contributed by atoms with Gasteiger partial charge >= 0.3 is 11.9 Å². The predicted octanol–water partition coefficient (Wildman–Crippen LogP) is 1.01. The van der Waals surface area contributed by atoms with Crippen LogP contribution in [0.2, 0.25) is 0 Å². The predicted molar refractivity (Wildman–Crippen MR) is 70.2 cm³/mol. The van der Waals surface area contributed by atoms with Crippen LogP contribution in [0.15, 0.2) is 16.3 Å². The second-order valence-corrected chi connectivity index (χ2v) is 4.27. The molecule has 0 fully saturated rings. The first-order valence-corrected chi connectivity index (χ1v) is 6.32. The third-order valence-corrected chi connectivity index (χ3v) is 3.00. The Morgan fingerprint density at radius 2 is 1.84 bits per heavy atom. The minimum Gasteiger partial charge on any atom is -0.465 e. The molecule has 0 bridgehead atoms. The number of nitrogens with zero attached hydrogens (tertiary/aromatic N) is 1. The molecule has 0 amide bonds. The van der Waals surface area contributed by atoms with E-state index in [2.05, 4.69) is 4.99 Å². The van der Waals surface area contributed by atoms with Gasteiger partial charge in [-0.05, 0) is 20.8 Å². The summed E-state index contributed by atoms with van der Waals surface area (Å²) in [6.45, 7) is 7.39. The van der Waals surface area contributed by atoms with Crippen molar-refractivity contribution in [2.24, 2.45) is 22.6 Å². The molecule has 2 unspecified atom stereocenters. The zero-order chi connectivity index (χ0) is 14.6. The average molecular weight is 268 g/mol. The molecular formula is C13H20N2O4. The van der Waals surface area contributed by atoms with E-state index in [1.165, 1.54) is 0 Å². The molecule has 2 N–H and O–H groups in total. The zero-order valence-corrected chi connectivity index (χ0v) is 11.7. The molecule has 106 valence electrons. The molecule has 0 aromatic carbocycles. The van der Waals surface area contributed by atoms with Crippen molar-refractivity contribution >= 4 is 17.8 Å². The highest BCUT2D eigenvalue weighted by Gasteiger charge is 2.39. The zero-order valence-electron chi connectivity index (χ0n) is 11.7. The van der Waals surface area contributed by atoms with Crippen LogP contribution in [0.3, 0.4) is 0 Å². The van der Waals surface area contributed by atoms with Crippen molar-refractivity contribution in [2.75, 3.05) is 13.2 Å². The number of hydrogen-bond donors (Lipinski definition) is 1. The lowest BCUT2D eigenvalue weighted by Crippen LogP contribution is -2.41. The van der Waals surface area contributed by atoms with E-state index in [0.29, 0.717) is 11.3 Å². The van der Waals surface area contributed by atoms with Gasteiger partial charge in [0.25, 0.3) is 0 Å². The maximum Gasteiger partial charge on any atom is 0.336 e. The third kappa shape index (κ3) is 3.13. The summed E-state index contributed by atoms with van der Waals surface area (Å²) in [5.74, 6) is -1.89. The van der Waals surface area contributed by atoms with Gasteiger partial charge in [0.2, 0.25) is 0 Å². The van der Waals surface area contributed by atoms with Gasteiger partial charge in [0, 0.05) is 5.92 Å². The van der Waals surface area contributed by atoms with E-state index < -0.39 is 23.8 Å². The molecule has 0 spiro atoms. The van der Waals surface area contributed by atoms with Gasteiger partial charge < -0.3 is 15.2 Å². The van der Waals surface area contributed by atoms with Crippen LogP contribution in [0.5, 0.6) is 0 Å². The van der Waals surface area contributed by atoms with Crippen LogP contribution >= 0.6 is 0 Å². The van der Waals surface area contributed by atoms with Gasteiger partial charge in [-0.25, -0.2) is 9.79 Å². The molecule has 6 nitrogen and oxygen atoms in total. The Morgan fingerprint density at radius 1 is 1.26 bits per heavy atom. The number of rotatable bonds is 4. The highest BCUT2D eigenvalue weighted by molar-refractivity contribution is 6.04. The number of nitrogens with two attached hydrogens (primary N) is 1. The lowest BCUT2D eigenvalue weighted by Gasteiger charge is -2.27. The third-order valence-electron chi connectivity index (χ3n) is 3.00. The fraction of sp³-hybridized carbons (Fsp3) is 0.615. The molecular weight excluding hydrogens is 248 g/mol. The Bertz CT molecular complexity index is 440. The van der Waals surface area contributed by atoms with Gasteiger partial charge in [-0.3, -0.25) is 4.79 Å². The number of hydrogen-bond acceptors (Lipinski definition) is 6. The number of amidine groups is 1. The van der Waals surface area contributed by atoms with E-state index in [9.17, 15) is 9.59 Å². The van der Waals surface area contributed by atoms with Gasteiger partial charge in [-0.1, -0.05) is 6.92 Å². The molecule has 0 saturated carbocycles. The molecule has 0 saturated heterocycles. The molecule has 1 aliphatic heterocycles. The maximum absolute atomic E-state index is 11.9. The van der Waals surface area contributed by atoms with Crippen LogP contribution in [0.1, 0.15) is 27.7 Å². The van der Waals surface area contributed by atoms with Crippen LogP contribution in [0.4, 0.5) is 0 Å². The van der Waals surface area contributed by atoms with E-state index in [-0.39, 0.29) is 19.0 Å². The molecule has 6 heteroatoms. The molecule has 0 radical (unpaired) electrons. The maximum atomic E-state index is 11.9. The summed E-state index contributed by atoms with van der Waals surface area (Å²) in [6, 6.07) is 0. The number of carbonyl (C=O) groups is 2. The smallest absolute Gasteiger partial charge is 0.336 e. The summed E-state index contributed by atoms with van der Waals surface area (Å²) in [6.07, 6.45) is 0. The van der Waals surface area contributed by atoms with Crippen LogP contribution < -0.4 is 5.73 Å². The summed E-state index contributed by atoms with van der Waals surface area (Å²) >= 11 is 0. The number of allylic oxidation sites excluding steroid dienone is 1. The van der Waals surface area contributed by atoms with Crippen LogP contribution in [-0.4, -0.2) is 31.0 Å². The van der Waals surface area contributed by atoms with E-state index in [1.807, 2.05) is 0 Å². The van der Waals surface area contributed by atoms with Gasteiger partial charge in [-0.15, -0.1) is 0 Å². The topological polar surface area (TPSA) is 91.0 Å². The van der Waals surface area contributed by atoms with Crippen molar-refractivity contribution in [3.8, 4) is 0 Å². The van der Waals surface area contributed by atoms with Gasteiger partial charge in [0.15, 0.2) is 0 Å². The first-order chi connectivity index (χ1) is 8.93. The highest BCUT2D eigenvalue weighted by Crippen LogP contribution is 2.30. The molecule has 1 aliphatic rings. The minimum absolute atomic E-state index is 0.177. The normalized spacial score (nSPS) is 22.8. The lowest BCUT2D eigenvalue weighted by molar-refractivity contribution is -0.147. The minimum atomic E-state index is -0.733. The number of aliphatic imine (C=N–C) groups is 1. The van der Waals surface area contributed by atoms with E-state index in [0.717, 1.165) is 0 Å². The van der Waals surface area contributed by atoms with Gasteiger partial charge in [-0.2, -0.15) is 0 Å². The monoisotopic (exact) mass is 268 g/mol. The fourth-order valence-electron chi connectivity index (χ4n) is 2.18. The van der Waals surface area contributed by atoms with Crippen molar-refractivity contribution in [3.63, 3.8) is 0 Å². The standard InChI is InChI=1S/C13H20N2O4/c1-5-18-12(16)9-7(3)10(13(17)19-6-2)11(14)15-8(9)4/h7,10H,5-6H2,1-4H3,(H2,14,15). The van der Waals surface area contributed by atoms with E-state index in [1.54, 1.807) is 27.7 Å². The average Bonchev–Trinajstić information content (AvgIpc) is 2.28. The largest absolute Gasteiger partial charge is 0.465 e. The quantitative estimate of drug-likeness (QED) is 0.768. The second kappa shape index (κ2) is 6.36. The summed E-state index contributed by atoms with van der Waals surface area (Å²) in [7, 11) is 0. The van der Waals surface area contributed by atoms with Gasteiger partial charge in [0.1, 0.15) is 11.8 Å². The molecule has 0 aromatic heterocycles. The van der Waals surface area contributed by atoms with E-state index in [4.69, 9.17) is 15.2 Å². The van der Waals surface area contributed by atoms with Crippen molar-refractivity contribution in [2.45, 2.75) is 27.7 Å². The molecule has 19 heavy (non-hydrogen) atoms. The van der Waals surface area contributed by atoms with Gasteiger partial charge in [0.05, 0.1) is 24.5 Å². The lowest BCUT2D eigenvalue weighted by atomic mass is 9.83. The summed E-state index contributed by atoms with van der Waals surface area (Å²) in [5.41, 5.74) is 6.66. The number of ether oxygens (including phenoxy) is 2. The Hall–Kier alpha value is -1.85. The van der Waals surface area contributed by atoms with Crippen molar-refractivity contribution in [1.29, 1.82) is 0 Å². The van der Waals surface area contributed by atoms with E-state index >= 15 is 0 Å². The Balaban J connectivity index is 3.08. The summed E-state index contributed by atoms with van der Waals surface area (Å²) < 4.78 is 9.96. The SMILES string of the molecule is CCOC(=O)C1=C(C)N=C(N)C(C(=O)OCC)C1C. The van der Waals surface area contributed by atoms with Crippen LogP contribution in [-0.2, 0) is 19.1 Å². The molecule has 1 rings (SSSR count). The van der Waals surface area contributed by atoms with Crippen LogP contribution in [0, 0.1) is 11.8 Å². The van der Waals surface area contributed by atoms with Crippen molar-refractivity contribution < 1.29 is 19.1 Å². The Kier molecular flexibility index (Phi) is 5.09. The molecule has 0 aliphatic carbocycles. The van der Waals surface area contributed by atoms with Crippen molar-refractivity contribution in [3.05, 3.63) is 11.3 Å². The summed E-state index contributed by atoms with van der Waals surface area (Å²) in [5, 5.41) is 0. The van der Waals surface area contributed by atoms with Crippen LogP contribution in [0.25, 0.3) is 0 Å². The fourth-order valence-corrected chi connectivity index (χ4v) is 2.18. The highest BCUT2D eigenvalue weighted by atomic mass is 16.5. The van der Waals surface area contributed by atoms with Crippen molar-refractivity contribution in [1.82, 2.24) is 0 Å². The number of carbonyl (C=O) groups excluding carboxylic acids is 2. The first kappa shape index (κ1) is 15.2. The number of esters is 2. The molecule has 0 aromatic rings. The molecule has 2 atom stereocenters. The Morgan fingerprint density at radius 3 is 2.37 bits per heavy atom. The molecule has 1 heterocycles. The second-order valence-electron chi connectivity index (χ2n) is 4.27.